The molecule has 0 radical (unpaired) electrons. The van der Waals surface area contributed by atoms with Gasteiger partial charge in [-0.1, -0.05) is 25.3 Å². The molecule has 210 valence electrons. The highest BCUT2D eigenvalue weighted by Crippen LogP contribution is 2.49. The van der Waals surface area contributed by atoms with E-state index in [2.05, 4.69) is 25.7 Å². The van der Waals surface area contributed by atoms with Gasteiger partial charge in [0.2, 0.25) is 6.41 Å². The smallest absolute Gasteiger partial charge is 0.209 e. The van der Waals surface area contributed by atoms with Crippen LogP contribution in [0.25, 0.3) is 0 Å². The van der Waals surface area contributed by atoms with Gasteiger partial charge in [-0.25, -0.2) is 8.78 Å². The van der Waals surface area contributed by atoms with Crippen LogP contribution in [0.1, 0.15) is 110 Å². The lowest BCUT2D eigenvalue weighted by molar-refractivity contribution is -0.121. The highest BCUT2D eigenvalue weighted by atomic mass is 19.1. The van der Waals surface area contributed by atoms with Crippen molar-refractivity contribution in [2.75, 3.05) is 26.2 Å². The Morgan fingerprint density at radius 2 is 1.65 bits per heavy atom. The molecular formula is C31H50F2N2O2. The summed E-state index contributed by atoms with van der Waals surface area (Å²) in [6.07, 6.45) is 13.0. The van der Waals surface area contributed by atoms with E-state index in [1.807, 2.05) is 18.7 Å². The Hall–Kier alpha value is -1.53. The van der Waals surface area contributed by atoms with E-state index in [1.54, 1.807) is 6.07 Å². The fraction of sp³-hybridized carbons (Fsp3) is 0.774. The molecule has 2 aliphatic heterocycles. The Morgan fingerprint density at radius 1 is 1.00 bits per heavy atom. The predicted molar refractivity (Wildman–Crippen MR) is 146 cm³/mol. The number of aliphatic hydroxyl groups is 1. The Kier molecular flexibility index (Phi) is 10.2. The molecule has 4 nitrogen and oxygen atoms in total. The molecule has 1 amide bonds. The summed E-state index contributed by atoms with van der Waals surface area (Å²) < 4.78 is 26.5. The van der Waals surface area contributed by atoms with Crippen LogP contribution in [0.4, 0.5) is 8.78 Å². The highest BCUT2D eigenvalue weighted by molar-refractivity contribution is 5.47. The van der Waals surface area contributed by atoms with Crippen molar-refractivity contribution in [1.29, 1.82) is 0 Å². The van der Waals surface area contributed by atoms with E-state index in [0.717, 1.165) is 76.7 Å². The quantitative estimate of drug-likeness (QED) is 0.415. The standard InChI is InChI=1S/C17H31NO2.C14H19F2N/c1-16(2,20)8-9-17(15-6-4-3-5-7-15)10-12-18(14-19)13-11-17;1-14(2,3)17-7-6-10(9-17)12-5-4-11(15)8-13(12)16/h14-15,20H,3-13H2,1-2H3;4-5,8,10H,6-7,9H2,1-3H3/t;10-/m.0/s1. The molecule has 0 spiro atoms. The number of carbonyl (C=O) groups excluding carboxylic acids is 1. The summed E-state index contributed by atoms with van der Waals surface area (Å²) in [4.78, 5) is 15.2. The fourth-order valence-electron chi connectivity index (χ4n) is 6.66. The lowest BCUT2D eigenvalue weighted by Gasteiger charge is -2.48. The molecule has 3 aliphatic rings. The Labute approximate surface area is 223 Å². The summed E-state index contributed by atoms with van der Waals surface area (Å²) in [5.74, 6) is 0.0879. The van der Waals surface area contributed by atoms with Gasteiger partial charge in [-0.2, -0.15) is 0 Å². The zero-order valence-corrected chi connectivity index (χ0v) is 23.9. The summed E-state index contributed by atoms with van der Waals surface area (Å²) in [5.41, 5.74) is 0.576. The molecule has 1 atom stereocenters. The zero-order valence-electron chi connectivity index (χ0n) is 23.9. The lowest BCUT2D eigenvalue weighted by Crippen LogP contribution is -2.44. The largest absolute Gasteiger partial charge is 0.390 e. The molecule has 2 heterocycles. The second-order valence-corrected chi connectivity index (χ2v) is 13.4. The van der Waals surface area contributed by atoms with Gasteiger partial charge in [-0.3, -0.25) is 9.69 Å². The van der Waals surface area contributed by atoms with Crippen LogP contribution in [-0.4, -0.2) is 58.6 Å². The first kappa shape index (κ1) is 30.0. The number of nitrogens with zero attached hydrogens (tertiary/aromatic N) is 2. The molecule has 0 aromatic heterocycles. The summed E-state index contributed by atoms with van der Waals surface area (Å²) in [5, 5.41) is 10.1. The van der Waals surface area contributed by atoms with E-state index in [4.69, 9.17) is 0 Å². The Bertz CT molecular complexity index is 863. The first-order chi connectivity index (χ1) is 17.3. The maximum absolute atomic E-state index is 13.7. The average Bonchev–Trinajstić information content (AvgIpc) is 3.34. The van der Waals surface area contributed by atoms with E-state index in [9.17, 15) is 18.7 Å². The van der Waals surface area contributed by atoms with Gasteiger partial charge in [-0.05, 0) is 109 Å². The minimum absolute atomic E-state index is 0.116. The molecule has 1 N–H and O–H groups in total. The molecule has 2 saturated heterocycles. The van der Waals surface area contributed by atoms with Crippen molar-refractivity contribution in [3.05, 3.63) is 35.4 Å². The average molecular weight is 521 g/mol. The number of halogens is 2. The van der Waals surface area contributed by atoms with E-state index in [-0.39, 0.29) is 11.5 Å². The summed E-state index contributed by atoms with van der Waals surface area (Å²) in [6.45, 7) is 14.0. The van der Waals surface area contributed by atoms with Gasteiger partial charge >= 0.3 is 0 Å². The normalized spacial score (nSPS) is 23.5. The number of likely N-dealkylation sites (tertiary alicyclic amines) is 2. The van der Waals surface area contributed by atoms with Crippen LogP contribution < -0.4 is 0 Å². The van der Waals surface area contributed by atoms with Gasteiger partial charge in [0.05, 0.1) is 5.60 Å². The van der Waals surface area contributed by atoms with Crippen LogP contribution in [-0.2, 0) is 4.79 Å². The summed E-state index contributed by atoms with van der Waals surface area (Å²) >= 11 is 0. The molecular weight excluding hydrogens is 470 g/mol. The topological polar surface area (TPSA) is 43.8 Å². The van der Waals surface area contributed by atoms with Crippen molar-refractivity contribution in [2.45, 2.75) is 116 Å². The minimum atomic E-state index is -0.566. The summed E-state index contributed by atoms with van der Waals surface area (Å²) in [6, 6.07) is 3.91. The lowest BCUT2D eigenvalue weighted by atomic mass is 9.61. The molecule has 4 rings (SSSR count). The second-order valence-electron chi connectivity index (χ2n) is 13.4. The van der Waals surface area contributed by atoms with Crippen LogP contribution in [0.3, 0.4) is 0 Å². The molecule has 0 bridgehead atoms. The maximum Gasteiger partial charge on any atom is 0.209 e. The number of carbonyl (C=O) groups is 1. The fourth-order valence-corrected chi connectivity index (χ4v) is 6.66. The van der Waals surface area contributed by atoms with E-state index >= 15 is 0 Å². The number of benzene rings is 1. The third-order valence-electron chi connectivity index (χ3n) is 9.19. The van der Waals surface area contributed by atoms with Gasteiger partial charge in [0, 0.05) is 37.2 Å². The number of hydrogen-bond donors (Lipinski definition) is 1. The summed E-state index contributed by atoms with van der Waals surface area (Å²) in [7, 11) is 0. The third kappa shape index (κ3) is 8.48. The number of piperidine rings is 1. The number of hydrogen-bond acceptors (Lipinski definition) is 3. The Morgan fingerprint density at radius 3 is 2.16 bits per heavy atom. The van der Waals surface area contributed by atoms with Gasteiger partial charge in [-0.15, -0.1) is 0 Å². The SMILES string of the molecule is CC(C)(C)N1CC[C@H](c2ccc(F)cc2F)C1.CC(C)(O)CCC1(C2CCCCC2)CCN(C=O)CC1. The zero-order chi connectivity index (χ0) is 27.3. The molecule has 6 heteroatoms. The van der Waals surface area contributed by atoms with Crippen molar-refractivity contribution < 1.29 is 18.7 Å². The number of amides is 1. The number of rotatable bonds is 6. The third-order valence-corrected chi connectivity index (χ3v) is 9.19. The van der Waals surface area contributed by atoms with Crippen LogP contribution in [0, 0.1) is 23.0 Å². The minimum Gasteiger partial charge on any atom is -0.390 e. The van der Waals surface area contributed by atoms with Crippen LogP contribution in [0.15, 0.2) is 18.2 Å². The Balaban J connectivity index is 0.000000208. The predicted octanol–water partition coefficient (Wildman–Crippen LogP) is 6.91. The maximum atomic E-state index is 13.7. The second kappa shape index (κ2) is 12.5. The van der Waals surface area contributed by atoms with Gasteiger partial charge in [0.15, 0.2) is 0 Å². The van der Waals surface area contributed by atoms with Gasteiger partial charge in [0.1, 0.15) is 11.6 Å². The van der Waals surface area contributed by atoms with Gasteiger partial charge < -0.3 is 10.0 Å². The van der Waals surface area contributed by atoms with E-state index < -0.39 is 17.2 Å². The van der Waals surface area contributed by atoms with E-state index in [0.29, 0.717) is 11.0 Å². The molecule has 1 aromatic rings. The van der Waals surface area contributed by atoms with E-state index in [1.165, 1.54) is 38.2 Å². The molecule has 1 aliphatic carbocycles. The molecule has 37 heavy (non-hydrogen) atoms. The first-order valence-corrected chi connectivity index (χ1v) is 14.4. The molecule has 0 unspecified atom stereocenters. The van der Waals surface area contributed by atoms with Crippen molar-refractivity contribution >= 4 is 6.41 Å². The molecule has 1 saturated carbocycles. The van der Waals surface area contributed by atoms with Gasteiger partial charge in [0.25, 0.3) is 0 Å². The molecule has 1 aromatic carbocycles. The van der Waals surface area contributed by atoms with Crippen molar-refractivity contribution in [2.24, 2.45) is 11.3 Å². The monoisotopic (exact) mass is 520 g/mol. The van der Waals surface area contributed by atoms with Crippen LogP contribution in [0.5, 0.6) is 0 Å². The van der Waals surface area contributed by atoms with Crippen LogP contribution in [0.2, 0.25) is 0 Å². The van der Waals surface area contributed by atoms with Crippen molar-refractivity contribution in [1.82, 2.24) is 9.80 Å². The first-order valence-electron chi connectivity index (χ1n) is 14.4. The van der Waals surface area contributed by atoms with Crippen LogP contribution >= 0.6 is 0 Å². The van der Waals surface area contributed by atoms with Crippen molar-refractivity contribution in [3.63, 3.8) is 0 Å². The van der Waals surface area contributed by atoms with Crippen molar-refractivity contribution in [3.8, 4) is 0 Å². The molecule has 3 fully saturated rings. The highest BCUT2D eigenvalue weighted by Gasteiger charge is 2.42.